The molecule has 0 atom stereocenters. The van der Waals surface area contributed by atoms with Crippen LogP contribution in [-0.4, -0.2) is 27.5 Å². The van der Waals surface area contributed by atoms with E-state index in [9.17, 15) is 0 Å². The predicted molar refractivity (Wildman–Crippen MR) is 205 cm³/mol. The number of pyridine rings is 2. The first-order chi connectivity index (χ1) is 23.5. The normalized spacial score (nSPS) is 15.3. The Morgan fingerprint density at radius 1 is 0.562 bits per heavy atom. The van der Waals surface area contributed by atoms with Gasteiger partial charge in [-0.3, -0.25) is 9.97 Å². The highest BCUT2D eigenvalue weighted by molar-refractivity contribution is 7.26. The molecule has 0 spiro atoms. The predicted octanol–water partition coefficient (Wildman–Crippen LogP) is 11.9. The second-order valence-corrected chi connectivity index (χ2v) is 17.7. The SMILES string of the molecule is CCC1(CC)c2ccsc2-c2sc(-c3cnc(-c4cc5c(s4)-c4sc(-c6cncc7nsnc67)cc4C5(CC)CC)c4nsnc34)cc21. The van der Waals surface area contributed by atoms with E-state index in [0.29, 0.717) is 0 Å². The molecule has 0 aliphatic heterocycles. The summed E-state index contributed by atoms with van der Waals surface area (Å²) in [6.45, 7) is 9.30. The van der Waals surface area contributed by atoms with Crippen LogP contribution < -0.4 is 0 Å². The zero-order valence-electron chi connectivity index (χ0n) is 26.6. The van der Waals surface area contributed by atoms with Crippen LogP contribution in [0.4, 0.5) is 0 Å². The van der Waals surface area contributed by atoms with Crippen LogP contribution in [0.3, 0.4) is 0 Å². The number of hydrogen-bond donors (Lipinski definition) is 0. The largest absolute Gasteiger partial charge is 0.262 e. The van der Waals surface area contributed by atoms with Crippen LogP contribution in [-0.2, 0) is 10.8 Å². The van der Waals surface area contributed by atoms with Gasteiger partial charge in [0.25, 0.3) is 0 Å². The molecule has 238 valence electrons. The zero-order valence-corrected chi connectivity index (χ0v) is 31.5. The van der Waals surface area contributed by atoms with Crippen LogP contribution in [0.5, 0.6) is 0 Å². The Bertz CT molecular complexity index is 2550. The van der Waals surface area contributed by atoms with E-state index in [4.69, 9.17) is 13.7 Å². The first-order valence-corrected chi connectivity index (χ1v) is 21.0. The summed E-state index contributed by atoms with van der Waals surface area (Å²) in [5.41, 5.74) is 12.6. The zero-order chi connectivity index (χ0) is 32.4. The highest BCUT2D eigenvalue weighted by Crippen LogP contribution is 2.62. The summed E-state index contributed by atoms with van der Waals surface area (Å²) in [7, 11) is 0. The van der Waals surface area contributed by atoms with Crippen LogP contribution in [0.15, 0.2) is 48.2 Å². The molecule has 10 rings (SSSR count). The highest BCUT2D eigenvalue weighted by Gasteiger charge is 2.45. The van der Waals surface area contributed by atoms with Crippen molar-refractivity contribution >= 4 is 90.9 Å². The molecule has 0 fully saturated rings. The van der Waals surface area contributed by atoms with E-state index >= 15 is 0 Å². The van der Waals surface area contributed by atoms with Gasteiger partial charge in [0.2, 0.25) is 0 Å². The standard InChI is InChI=1S/C36H28N6S6/c1-5-35(6-2)19-9-10-43-31(19)32-20(35)11-25(44-32)18-15-38-29(30-28(18)41-48-42-30)26-13-22-34(46-26)33-21(36(22,7-3)8-4)12-24(45-33)17-14-37-16-23-27(17)40-47-39-23/h9-16H,5-8H2,1-4H3. The number of rotatable bonds is 7. The van der Waals surface area contributed by atoms with E-state index in [1.165, 1.54) is 75.0 Å². The van der Waals surface area contributed by atoms with Gasteiger partial charge in [0.15, 0.2) is 0 Å². The third-order valence-electron chi connectivity index (χ3n) is 11.0. The minimum absolute atomic E-state index is 0.0432. The number of fused-ring (bicyclic) bond motifs is 8. The Kier molecular flexibility index (Phi) is 6.56. The maximum atomic E-state index is 5.17. The van der Waals surface area contributed by atoms with E-state index in [1.54, 1.807) is 6.20 Å². The molecule has 12 heteroatoms. The lowest BCUT2D eigenvalue weighted by Crippen LogP contribution is -2.22. The quantitative estimate of drug-likeness (QED) is 0.162. The van der Waals surface area contributed by atoms with Crippen molar-refractivity contribution in [2.45, 2.75) is 64.2 Å². The van der Waals surface area contributed by atoms with Crippen molar-refractivity contribution in [3.63, 3.8) is 0 Å². The maximum absolute atomic E-state index is 5.17. The molecular weight excluding hydrogens is 709 g/mol. The molecule has 6 nitrogen and oxygen atoms in total. The molecule has 0 aromatic carbocycles. The summed E-state index contributed by atoms with van der Waals surface area (Å²) >= 11 is 10.0. The van der Waals surface area contributed by atoms with Gasteiger partial charge in [-0.1, -0.05) is 27.7 Å². The van der Waals surface area contributed by atoms with E-state index in [0.717, 1.165) is 69.4 Å². The second-order valence-electron chi connectivity index (χ2n) is 12.6. The van der Waals surface area contributed by atoms with Crippen molar-refractivity contribution in [1.29, 1.82) is 0 Å². The van der Waals surface area contributed by atoms with Crippen LogP contribution in [0.1, 0.15) is 75.6 Å². The second kappa shape index (κ2) is 10.6. The van der Waals surface area contributed by atoms with Crippen molar-refractivity contribution in [2.75, 3.05) is 0 Å². The monoisotopic (exact) mass is 736 g/mol. The molecule has 0 bridgehead atoms. The fraction of sp³-hybridized carbons (Fsp3) is 0.278. The van der Waals surface area contributed by atoms with Crippen molar-refractivity contribution in [3.8, 4) is 51.0 Å². The average Bonchev–Trinajstić information content (AvgIpc) is 3.95. The molecular formula is C36H28N6S6. The Morgan fingerprint density at radius 3 is 1.83 bits per heavy atom. The Labute approximate surface area is 301 Å². The molecule has 0 saturated carbocycles. The van der Waals surface area contributed by atoms with E-state index in [1.807, 2.05) is 51.5 Å². The van der Waals surface area contributed by atoms with E-state index < -0.39 is 0 Å². The summed E-state index contributed by atoms with van der Waals surface area (Å²) in [5.74, 6) is 0. The Morgan fingerprint density at radius 2 is 1.12 bits per heavy atom. The van der Waals surface area contributed by atoms with Crippen LogP contribution in [0.25, 0.3) is 73.0 Å². The number of aromatic nitrogens is 6. The molecule has 48 heavy (non-hydrogen) atoms. The third-order valence-corrected chi connectivity index (χ3v) is 16.8. The molecule has 0 N–H and O–H groups in total. The van der Waals surface area contributed by atoms with Gasteiger partial charge in [0.05, 0.1) is 34.5 Å². The first-order valence-electron chi connectivity index (χ1n) is 16.3. The third kappa shape index (κ3) is 3.71. The molecule has 8 aromatic rings. The highest BCUT2D eigenvalue weighted by atomic mass is 32.1. The minimum Gasteiger partial charge on any atom is -0.262 e. The number of thiophene rings is 4. The summed E-state index contributed by atoms with van der Waals surface area (Å²) < 4.78 is 18.8. The Balaban J connectivity index is 1.09. The van der Waals surface area contributed by atoms with Gasteiger partial charge in [-0.15, -0.1) is 45.3 Å². The van der Waals surface area contributed by atoms with Crippen molar-refractivity contribution in [1.82, 2.24) is 27.5 Å². The number of nitrogens with zero attached hydrogens (tertiary/aromatic N) is 6. The molecule has 2 aliphatic rings. The lowest BCUT2D eigenvalue weighted by atomic mass is 9.74. The topological polar surface area (TPSA) is 77.3 Å². The van der Waals surface area contributed by atoms with Gasteiger partial charge in [-0.05, 0) is 77.6 Å². The van der Waals surface area contributed by atoms with Crippen LogP contribution in [0, 0.1) is 0 Å². The summed E-state index contributed by atoms with van der Waals surface area (Å²) in [4.78, 5) is 18.9. The smallest absolute Gasteiger partial charge is 0.132 e. The van der Waals surface area contributed by atoms with Gasteiger partial charge < -0.3 is 0 Å². The molecule has 8 heterocycles. The van der Waals surface area contributed by atoms with E-state index in [2.05, 4.69) is 77.3 Å². The Hall–Kier alpha value is -3.26. The molecule has 0 amide bonds. The van der Waals surface area contributed by atoms with Gasteiger partial charge in [-0.25, -0.2) is 0 Å². The van der Waals surface area contributed by atoms with E-state index in [-0.39, 0.29) is 10.8 Å². The number of hydrogen-bond acceptors (Lipinski definition) is 12. The van der Waals surface area contributed by atoms with Crippen molar-refractivity contribution in [3.05, 3.63) is 70.5 Å². The molecule has 0 saturated heterocycles. The molecule has 0 radical (unpaired) electrons. The van der Waals surface area contributed by atoms with Gasteiger partial charge in [0, 0.05) is 63.6 Å². The maximum Gasteiger partial charge on any atom is 0.132 e. The lowest BCUT2D eigenvalue weighted by molar-refractivity contribution is 0.492. The van der Waals surface area contributed by atoms with Gasteiger partial charge in [0.1, 0.15) is 27.8 Å². The lowest BCUT2D eigenvalue weighted by Gasteiger charge is -2.28. The molecule has 0 unspecified atom stereocenters. The van der Waals surface area contributed by atoms with Crippen molar-refractivity contribution in [2.24, 2.45) is 0 Å². The fourth-order valence-corrected chi connectivity index (χ4v) is 14.5. The first kappa shape index (κ1) is 29.6. The van der Waals surface area contributed by atoms with Gasteiger partial charge >= 0.3 is 0 Å². The molecule has 2 aliphatic carbocycles. The van der Waals surface area contributed by atoms with Crippen molar-refractivity contribution < 1.29 is 0 Å². The summed E-state index contributed by atoms with van der Waals surface area (Å²) in [6, 6.07) is 9.58. The van der Waals surface area contributed by atoms with Gasteiger partial charge in [-0.2, -0.15) is 17.5 Å². The van der Waals surface area contributed by atoms with Crippen LogP contribution >= 0.6 is 68.8 Å². The average molecular weight is 737 g/mol. The summed E-state index contributed by atoms with van der Waals surface area (Å²) in [5, 5.41) is 2.26. The minimum atomic E-state index is -0.0432. The summed E-state index contributed by atoms with van der Waals surface area (Å²) in [6.07, 6.45) is 10.1. The van der Waals surface area contributed by atoms with Crippen LogP contribution in [0.2, 0.25) is 0 Å². The molecule has 8 aromatic heterocycles. The fourth-order valence-electron chi connectivity index (χ4n) is 8.33.